The van der Waals surface area contributed by atoms with E-state index in [1.165, 1.54) is 13.0 Å². The molecule has 1 rings (SSSR count). The van der Waals surface area contributed by atoms with Gasteiger partial charge in [0.15, 0.2) is 0 Å². The second-order valence-electron chi connectivity index (χ2n) is 4.99. The van der Waals surface area contributed by atoms with E-state index >= 15 is 0 Å². The van der Waals surface area contributed by atoms with Gasteiger partial charge in [0.1, 0.15) is 0 Å². The first kappa shape index (κ1) is 13.5. The number of hydrogen-bond acceptors (Lipinski definition) is 3. The lowest BCUT2D eigenvalue weighted by atomic mass is 10.1. The average molecular weight is 226 g/mol. The van der Waals surface area contributed by atoms with E-state index < -0.39 is 0 Å². The van der Waals surface area contributed by atoms with Crippen LogP contribution in [-0.4, -0.2) is 54.4 Å². The molecule has 3 N–H and O–H groups in total. The Balaban J connectivity index is 2.63. The lowest BCUT2D eigenvalue weighted by Gasteiger charge is -2.35. The Hall–Kier alpha value is -0.610. The number of rotatable bonds is 4. The van der Waals surface area contributed by atoms with Gasteiger partial charge in [0.05, 0.1) is 5.84 Å². The van der Waals surface area contributed by atoms with Gasteiger partial charge in [-0.1, -0.05) is 6.92 Å². The number of likely N-dealkylation sites (N-methyl/N-ethyl adjacent to an activating group) is 1. The van der Waals surface area contributed by atoms with Gasteiger partial charge < -0.3 is 10.6 Å². The molecule has 1 heterocycles. The van der Waals surface area contributed by atoms with Crippen molar-refractivity contribution in [3.63, 3.8) is 0 Å². The summed E-state index contributed by atoms with van der Waals surface area (Å²) in [5.41, 5.74) is 5.53. The fourth-order valence-corrected chi connectivity index (χ4v) is 2.68. The molecule has 0 spiro atoms. The molecule has 0 aromatic rings. The first-order valence-corrected chi connectivity index (χ1v) is 6.31. The first-order chi connectivity index (χ1) is 7.54. The summed E-state index contributed by atoms with van der Waals surface area (Å²) in [6.45, 7) is 7.91. The maximum atomic E-state index is 7.45. The predicted octanol–water partition coefficient (Wildman–Crippen LogP) is 1.12. The monoisotopic (exact) mass is 226 g/mol. The Morgan fingerprint density at radius 2 is 2.19 bits per heavy atom. The molecular weight excluding hydrogens is 200 g/mol. The standard InChI is InChI=1S/C12H26N4/c1-4-11(8-12(13)14)16-7-5-6-15(3)9-10(16)2/h10-11H,4-9H2,1-3H3,(H3,13,14). The summed E-state index contributed by atoms with van der Waals surface area (Å²) in [6, 6.07) is 1.01. The molecule has 0 aromatic heterocycles. The third-order valence-electron chi connectivity index (χ3n) is 3.49. The molecule has 16 heavy (non-hydrogen) atoms. The highest BCUT2D eigenvalue weighted by Crippen LogP contribution is 2.16. The maximum absolute atomic E-state index is 7.45. The highest BCUT2D eigenvalue weighted by atomic mass is 15.2. The molecule has 1 saturated heterocycles. The minimum atomic E-state index is 0.316. The number of hydrogen-bond donors (Lipinski definition) is 2. The fourth-order valence-electron chi connectivity index (χ4n) is 2.68. The van der Waals surface area contributed by atoms with E-state index in [1.807, 2.05) is 0 Å². The summed E-state index contributed by atoms with van der Waals surface area (Å²) in [6.07, 6.45) is 3.01. The zero-order valence-corrected chi connectivity index (χ0v) is 10.9. The normalized spacial score (nSPS) is 26.3. The van der Waals surface area contributed by atoms with Crippen LogP contribution in [0.4, 0.5) is 0 Å². The molecule has 0 aliphatic carbocycles. The molecule has 94 valence electrons. The summed E-state index contributed by atoms with van der Waals surface area (Å²) in [7, 11) is 2.19. The van der Waals surface area contributed by atoms with Crippen LogP contribution in [0.25, 0.3) is 0 Å². The molecule has 1 aliphatic heterocycles. The highest BCUT2D eigenvalue weighted by Gasteiger charge is 2.25. The molecular formula is C12H26N4. The molecule has 2 unspecified atom stereocenters. The van der Waals surface area contributed by atoms with Gasteiger partial charge in [-0.2, -0.15) is 0 Å². The molecule has 4 heteroatoms. The predicted molar refractivity (Wildman–Crippen MR) is 68.9 cm³/mol. The van der Waals surface area contributed by atoms with Gasteiger partial charge in [-0.15, -0.1) is 0 Å². The quantitative estimate of drug-likeness (QED) is 0.558. The first-order valence-electron chi connectivity index (χ1n) is 6.31. The molecule has 0 bridgehead atoms. The average Bonchev–Trinajstić information content (AvgIpc) is 2.36. The fraction of sp³-hybridized carbons (Fsp3) is 0.917. The molecule has 0 amide bonds. The van der Waals surface area contributed by atoms with Crippen molar-refractivity contribution in [2.24, 2.45) is 5.73 Å². The van der Waals surface area contributed by atoms with E-state index in [1.54, 1.807) is 0 Å². The zero-order valence-electron chi connectivity index (χ0n) is 10.9. The van der Waals surface area contributed by atoms with Gasteiger partial charge in [-0.05, 0) is 39.9 Å². The summed E-state index contributed by atoms with van der Waals surface area (Å²) in [5, 5.41) is 7.45. The van der Waals surface area contributed by atoms with Crippen molar-refractivity contribution in [1.82, 2.24) is 9.80 Å². The Labute approximate surface area is 99.3 Å². The molecule has 0 aromatic carbocycles. The van der Waals surface area contributed by atoms with Gasteiger partial charge in [0, 0.05) is 25.0 Å². The van der Waals surface area contributed by atoms with Gasteiger partial charge in [-0.25, -0.2) is 0 Å². The Bertz CT molecular complexity index is 229. The van der Waals surface area contributed by atoms with Crippen LogP contribution in [0.1, 0.15) is 33.1 Å². The second kappa shape index (κ2) is 6.21. The summed E-state index contributed by atoms with van der Waals surface area (Å²) < 4.78 is 0. The highest BCUT2D eigenvalue weighted by molar-refractivity contribution is 5.77. The molecule has 1 aliphatic rings. The molecule has 2 atom stereocenters. The van der Waals surface area contributed by atoms with Gasteiger partial charge in [-0.3, -0.25) is 10.3 Å². The van der Waals surface area contributed by atoms with Gasteiger partial charge >= 0.3 is 0 Å². The van der Waals surface area contributed by atoms with E-state index in [0.717, 1.165) is 19.5 Å². The number of nitrogens with one attached hydrogen (secondary N) is 1. The van der Waals surface area contributed by atoms with Crippen molar-refractivity contribution >= 4 is 5.84 Å². The molecule has 1 fully saturated rings. The van der Waals surface area contributed by atoms with Crippen molar-refractivity contribution in [3.8, 4) is 0 Å². The van der Waals surface area contributed by atoms with Crippen LogP contribution >= 0.6 is 0 Å². The summed E-state index contributed by atoms with van der Waals surface area (Å²) in [5.74, 6) is 0.316. The van der Waals surface area contributed by atoms with Crippen molar-refractivity contribution < 1.29 is 0 Å². The van der Waals surface area contributed by atoms with Crippen LogP contribution in [-0.2, 0) is 0 Å². The van der Waals surface area contributed by atoms with Gasteiger partial charge in [0.2, 0.25) is 0 Å². The van der Waals surface area contributed by atoms with Crippen molar-refractivity contribution in [2.45, 2.75) is 45.2 Å². The van der Waals surface area contributed by atoms with Crippen molar-refractivity contribution in [2.75, 3.05) is 26.7 Å². The number of nitrogens with zero attached hydrogens (tertiary/aromatic N) is 2. The van der Waals surface area contributed by atoms with Crippen LogP contribution in [0.3, 0.4) is 0 Å². The van der Waals surface area contributed by atoms with Crippen LogP contribution in [0.5, 0.6) is 0 Å². The number of amidine groups is 1. The van der Waals surface area contributed by atoms with Crippen LogP contribution in [0.2, 0.25) is 0 Å². The lowest BCUT2D eigenvalue weighted by Crippen LogP contribution is -2.45. The summed E-state index contributed by atoms with van der Waals surface area (Å²) >= 11 is 0. The smallest absolute Gasteiger partial charge is 0.0921 e. The van der Waals surface area contributed by atoms with Crippen LogP contribution in [0, 0.1) is 5.41 Å². The molecule has 4 nitrogen and oxygen atoms in total. The van der Waals surface area contributed by atoms with E-state index in [9.17, 15) is 0 Å². The van der Waals surface area contributed by atoms with E-state index in [2.05, 4.69) is 30.7 Å². The molecule has 0 radical (unpaired) electrons. The zero-order chi connectivity index (χ0) is 12.1. The minimum Gasteiger partial charge on any atom is -0.388 e. The lowest BCUT2D eigenvalue weighted by molar-refractivity contribution is 0.142. The third kappa shape index (κ3) is 3.76. The van der Waals surface area contributed by atoms with E-state index in [4.69, 9.17) is 11.1 Å². The van der Waals surface area contributed by atoms with Crippen LogP contribution in [0.15, 0.2) is 0 Å². The van der Waals surface area contributed by atoms with Crippen molar-refractivity contribution in [3.05, 3.63) is 0 Å². The summed E-state index contributed by atoms with van der Waals surface area (Å²) in [4.78, 5) is 4.93. The Kier molecular flexibility index (Phi) is 5.22. The number of nitrogens with two attached hydrogens (primary N) is 1. The van der Waals surface area contributed by atoms with E-state index in [0.29, 0.717) is 24.3 Å². The minimum absolute atomic E-state index is 0.316. The van der Waals surface area contributed by atoms with Crippen molar-refractivity contribution in [1.29, 1.82) is 5.41 Å². The largest absolute Gasteiger partial charge is 0.388 e. The Morgan fingerprint density at radius 3 is 2.75 bits per heavy atom. The van der Waals surface area contributed by atoms with Crippen LogP contribution < -0.4 is 5.73 Å². The van der Waals surface area contributed by atoms with E-state index in [-0.39, 0.29) is 0 Å². The topological polar surface area (TPSA) is 56.4 Å². The van der Waals surface area contributed by atoms with Gasteiger partial charge in [0.25, 0.3) is 0 Å². The SMILES string of the molecule is CCC(CC(=N)N)N1CCCN(C)CC1C. The third-order valence-corrected chi connectivity index (χ3v) is 3.49. The second-order valence-corrected chi connectivity index (χ2v) is 4.99. The Morgan fingerprint density at radius 1 is 1.50 bits per heavy atom. The maximum Gasteiger partial charge on any atom is 0.0921 e. The molecule has 0 saturated carbocycles.